The number of anilines is 1. The van der Waals surface area contributed by atoms with Crippen LogP contribution >= 0.6 is 0 Å². The normalized spacial score (nSPS) is 11.9. The number of ether oxygens (including phenoxy) is 2. The predicted molar refractivity (Wildman–Crippen MR) is 116 cm³/mol. The van der Waals surface area contributed by atoms with Crippen molar-refractivity contribution in [3.63, 3.8) is 0 Å². The molecule has 0 aromatic heterocycles. The summed E-state index contributed by atoms with van der Waals surface area (Å²) >= 11 is 0. The van der Waals surface area contributed by atoms with E-state index in [4.69, 9.17) is 9.47 Å². The second-order valence-corrected chi connectivity index (χ2v) is 7.26. The lowest BCUT2D eigenvalue weighted by Gasteiger charge is -2.19. The standard InChI is InChI=1S/C25H19NO6/c1-14-10-11-20(31-2)19(12-14)26-21(27)13-32-25(30)18-9-5-8-17-22(18)24(29)16-7-4-3-6-15(16)23(17)28/h3-12H,13H2,1-2H3,(H,26,27). The number of fused-ring (bicyclic) bond motifs is 2. The van der Waals surface area contributed by atoms with E-state index >= 15 is 0 Å². The van der Waals surface area contributed by atoms with Gasteiger partial charge in [-0.05, 0) is 30.7 Å². The van der Waals surface area contributed by atoms with Gasteiger partial charge in [-0.2, -0.15) is 0 Å². The summed E-state index contributed by atoms with van der Waals surface area (Å²) in [6.45, 7) is 1.29. The number of carbonyl (C=O) groups is 4. The van der Waals surface area contributed by atoms with Gasteiger partial charge in [0.15, 0.2) is 18.2 Å². The number of carbonyl (C=O) groups excluding carboxylic acids is 4. The highest BCUT2D eigenvalue weighted by molar-refractivity contribution is 6.30. The molecular formula is C25H19NO6. The third-order valence-electron chi connectivity index (χ3n) is 5.14. The lowest BCUT2D eigenvalue weighted by atomic mass is 9.82. The lowest BCUT2D eigenvalue weighted by Crippen LogP contribution is -2.26. The molecule has 3 aromatic carbocycles. The molecule has 0 heterocycles. The van der Waals surface area contributed by atoms with E-state index in [2.05, 4.69) is 5.32 Å². The number of esters is 1. The highest BCUT2D eigenvalue weighted by Crippen LogP contribution is 2.30. The van der Waals surface area contributed by atoms with Gasteiger partial charge in [0, 0.05) is 22.3 Å². The summed E-state index contributed by atoms with van der Waals surface area (Å²) in [5.41, 5.74) is 1.95. The molecule has 1 aliphatic carbocycles. The second-order valence-electron chi connectivity index (χ2n) is 7.26. The minimum Gasteiger partial charge on any atom is -0.495 e. The van der Waals surface area contributed by atoms with Crippen molar-refractivity contribution >= 4 is 29.1 Å². The summed E-state index contributed by atoms with van der Waals surface area (Å²) in [5, 5.41) is 2.64. The summed E-state index contributed by atoms with van der Waals surface area (Å²) < 4.78 is 10.4. The molecule has 7 nitrogen and oxygen atoms in total. The van der Waals surface area contributed by atoms with Crippen LogP contribution in [0.2, 0.25) is 0 Å². The van der Waals surface area contributed by atoms with E-state index < -0.39 is 24.3 Å². The summed E-state index contributed by atoms with van der Waals surface area (Å²) in [7, 11) is 1.48. The maximum Gasteiger partial charge on any atom is 0.339 e. The molecule has 0 unspecified atom stereocenters. The van der Waals surface area contributed by atoms with Crippen LogP contribution in [-0.2, 0) is 9.53 Å². The molecule has 4 rings (SSSR count). The minimum atomic E-state index is -0.867. The van der Waals surface area contributed by atoms with Gasteiger partial charge in [-0.1, -0.05) is 42.5 Å². The molecule has 1 N–H and O–H groups in total. The van der Waals surface area contributed by atoms with E-state index in [-0.39, 0.29) is 28.0 Å². The van der Waals surface area contributed by atoms with Crippen LogP contribution < -0.4 is 10.1 Å². The number of nitrogens with one attached hydrogen (secondary N) is 1. The van der Waals surface area contributed by atoms with Crippen molar-refractivity contribution in [1.82, 2.24) is 0 Å². The zero-order valence-electron chi connectivity index (χ0n) is 17.4. The fourth-order valence-electron chi connectivity index (χ4n) is 3.63. The van der Waals surface area contributed by atoms with Crippen molar-refractivity contribution < 1.29 is 28.7 Å². The summed E-state index contributed by atoms with van der Waals surface area (Å²) in [5.74, 6) is -1.74. The second kappa shape index (κ2) is 8.47. The van der Waals surface area contributed by atoms with Crippen molar-refractivity contribution in [2.45, 2.75) is 6.92 Å². The Hall–Kier alpha value is -4.26. The molecule has 0 atom stereocenters. The monoisotopic (exact) mass is 429 g/mol. The highest BCUT2D eigenvalue weighted by Gasteiger charge is 2.33. The van der Waals surface area contributed by atoms with E-state index in [0.29, 0.717) is 17.0 Å². The van der Waals surface area contributed by atoms with Gasteiger partial charge in [-0.15, -0.1) is 0 Å². The first-order chi connectivity index (χ1) is 15.4. The zero-order chi connectivity index (χ0) is 22.8. The van der Waals surface area contributed by atoms with Crippen molar-refractivity contribution in [2.24, 2.45) is 0 Å². The van der Waals surface area contributed by atoms with Crippen LogP contribution in [0.3, 0.4) is 0 Å². The Kier molecular flexibility index (Phi) is 5.55. The Bertz CT molecular complexity index is 1280. The minimum absolute atomic E-state index is 0.0121. The van der Waals surface area contributed by atoms with E-state index in [9.17, 15) is 19.2 Å². The predicted octanol–water partition coefficient (Wildman–Crippen LogP) is 3.57. The number of aryl methyl sites for hydroxylation is 1. The molecule has 0 saturated heterocycles. The van der Waals surface area contributed by atoms with Crippen LogP contribution in [0, 0.1) is 6.92 Å². The molecule has 1 amide bonds. The van der Waals surface area contributed by atoms with Gasteiger partial charge in [-0.25, -0.2) is 4.79 Å². The molecule has 0 spiro atoms. The van der Waals surface area contributed by atoms with Gasteiger partial charge in [0.05, 0.1) is 18.4 Å². The fourth-order valence-corrected chi connectivity index (χ4v) is 3.63. The Labute approximate surface area is 184 Å². The average Bonchev–Trinajstić information content (AvgIpc) is 2.80. The van der Waals surface area contributed by atoms with Crippen molar-refractivity contribution in [2.75, 3.05) is 19.0 Å². The largest absolute Gasteiger partial charge is 0.495 e. The molecule has 0 aliphatic heterocycles. The van der Waals surface area contributed by atoms with E-state index in [1.54, 1.807) is 36.4 Å². The number of hydrogen-bond donors (Lipinski definition) is 1. The molecule has 7 heteroatoms. The quantitative estimate of drug-likeness (QED) is 0.487. The molecule has 160 valence electrons. The number of ketones is 2. The Morgan fingerprint density at radius 3 is 2.28 bits per heavy atom. The Morgan fingerprint density at radius 1 is 0.875 bits per heavy atom. The third kappa shape index (κ3) is 3.76. The SMILES string of the molecule is COc1ccc(C)cc1NC(=O)COC(=O)c1cccc2c1C(=O)c1ccccc1C2=O. The van der Waals surface area contributed by atoms with Crippen LogP contribution in [-0.4, -0.2) is 37.2 Å². The van der Waals surface area contributed by atoms with E-state index in [0.717, 1.165) is 5.56 Å². The Balaban J connectivity index is 1.53. The fraction of sp³-hybridized carbons (Fsp3) is 0.120. The van der Waals surface area contributed by atoms with Gasteiger partial charge >= 0.3 is 5.97 Å². The number of methoxy groups -OCH3 is 1. The van der Waals surface area contributed by atoms with Gasteiger partial charge in [0.2, 0.25) is 0 Å². The number of benzene rings is 3. The molecule has 3 aromatic rings. The maximum atomic E-state index is 13.0. The smallest absolute Gasteiger partial charge is 0.339 e. The van der Waals surface area contributed by atoms with Crippen LogP contribution in [0.4, 0.5) is 5.69 Å². The van der Waals surface area contributed by atoms with Crippen LogP contribution in [0.25, 0.3) is 0 Å². The van der Waals surface area contributed by atoms with Gasteiger partial charge in [-0.3, -0.25) is 14.4 Å². The van der Waals surface area contributed by atoms with Crippen molar-refractivity contribution in [1.29, 1.82) is 0 Å². The maximum absolute atomic E-state index is 13.0. The molecule has 0 saturated carbocycles. The van der Waals surface area contributed by atoms with Gasteiger partial charge < -0.3 is 14.8 Å². The first kappa shape index (κ1) is 21.0. The molecule has 0 radical (unpaired) electrons. The summed E-state index contributed by atoms with van der Waals surface area (Å²) in [4.78, 5) is 50.9. The summed E-state index contributed by atoms with van der Waals surface area (Å²) in [6, 6.07) is 16.1. The molecular weight excluding hydrogens is 410 g/mol. The van der Waals surface area contributed by atoms with Crippen molar-refractivity contribution in [3.05, 3.63) is 94.0 Å². The molecule has 0 fully saturated rings. The zero-order valence-corrected chi connectivity index (χ0v) is 17.4. The van der Waals surface area contributed by atoms with E-state index in [1.165, 1.54) is 25.3 Å². The third-order valence-corrected chi connectivity index (χ3v) is 5.14. The van der Waals surface area contributed by atoms with Crippen LogP contribution in [0.5, 0.6) is 5.75 Å². The van der Waals surface area contributed by atoms with E-state index in [1.807, 2.05) is 13.0 Å². The number of amides is 1. The Morgan fingerprint density at radius 2 is 1.56 bits per heavy atom. The van der Waals surface area contributed by atoms with Crippen molar-refractivity contribution in [3.8, 4) is 5.75 Å². The topological polar surface area (TPSA) is 98.8 Å². The number of hydrogen-bond acceptors (Lipinski definition) is 6. The van der Waals surface area contributed by atoms with Crippen LogP contribution in [0.1, 0.15) is 47.8 Å². The molecule has 32 heavy (non-hydrogen) atoms. The van der Waals surface area contributed by atoms with Gasteiger partial charge in [0.25, 0.3) is 5.91 Å². The first-order valence-electron chi connectivity index (χ1n) is 9.83. The van der Waals surface area contributed by atoms with Crippen LogP contribution in [0.15, 0.2) is 60.7 Å². The summed E-state index contributed by atoms with van der Waals surface area (Å²) in [6.07, 6.45) is 0. The first-order valence-corrected chi connectivity index (χ1v) is 9.83. The number of rotatable bonds is 5. The molecule has 1 aliphatic rings. The highest BCUT2D eigenvalue weighted by atomic mass is 16.5. The molecule has 0 bridgehead atoms. The lowest BCUT2D eigenvalue weighted by molar-refractivity contribution is -0.119. The average molecular weight is 429 g/mol. The van der Waals surface area contributed by atoms with Gasteiger partial charge in [0.1, 0.15) is 5.75 Å².